The molecule has 0 unspecified atom stereocenters. The highest BCUT2D eigenvalue weighted by Crippen LogP contribution is 2.23. The van der Waals surface area contributed by atoms with Crippen molar-refractivity contribution in [2.24, 2.45) is 0 Å². The fourth-order valence-corrected chi connectivity index (χ4v) is 3.80. The number of aliphatic hydroxyl groups is 1. The first-order valence-corrected chi connectivity index (χ1v) is 10.5. The van der Waals surface area contributed by atoms with Gasteiger partial charge in [0.05, 0.1) is 17.8 Å². The number of ether oxygens (including phenoxy) is 2. The minimum atomic E-state index is -0.539. The van der Waals surface area contributed by atoms with Crippen LogP contribution in [0.25, 0.3) is 0 Å². The van der Waals surface area contributed by atoms with Crippen molar-refractivity contribution in [1.82, 2.24) is 14.7 Å². The molecule has 30 heavy (non-hydrogen) atoms. The van der Waals surface area contributed by atoms with Crippen molar-refractivity contribution in [3.05, 3.63) is 76.5 Å². The molecule has 0 amide bonds. The summed E-state index contributed by atoms with van der Waals surface area (Å²) in [6, 6.07) is 15.2. The number of likely N-dealkylation sites (tertiary alicyclic amines) is 1. The summed E-state index contributed by atoms with van der Waals surface area (Å²) in [6.07, 6.45) is 2.56. The predicted octanol–water partition coefficient (Wildman–Crippen LogP) is 3.89. The van der Waals surface area contributed by atoms with Crippen LogP contribution < -0.4 is 9.47 Å². The smallest absolute Gasteiger partial charge is 0.138 e. The summed E-state index contributed by atoms with van der Waals surface area (Å²) in [6.45, 7) is 3.10. The number of hydrogen-bond donors (Lipinski definition) is 1. The summed E-state index contributed by atoms with van der Waals surface area (Å²) in [7, 11) is 0. The summed E-state index contributed by atoms with van der Waals surface area (Å²) in [5.74, 6) is 1.48. The average Bonchev–Trinajstić information content (AvgIpc) is 3.28. The fourth-order valence-electron chi connectivity index (χ4n) is 3.46. The molecule has 0 radical (unpaired) electrons. The lowest BCUT2D eigenvalue weighted by molar-refractivity contribution is 0.0737. The summed E-state index contributed by atoms with van der Waals surface area (Å²) < 4.78 is 13.4. The third-order valence-electron chi connectivity index (χ3n) is 4.92. The van der Waals surface area contributed by atoms with Crippen molar-refractivity contribution < 1.29 is 14.6 Å². The highest BCUT2D eigenvalue weighted by atomic mass is 35.5. The molecule has 0 bridgehead atoms. The van der Waals surface area contributed by atoms with Crippen LogP contribution in [-0.2, 0) is 13.1 Å². The normalized spacial score (nSPS) is 19.2. The van der Waals surface area contributed by atoms with E-state index in [1.165, 1.54) is 0 Å². The minimum absolute atomic E-state index is 0.276. The Bertz CT molecular complexity index is 964. The van der Waals surface area contributed by atoms with Crippen molar-refractivity contribution >= 4 is 23.2 Å². The molecule has 8 heteroatoms. The van der Waals surface area contributed by atoms with Crippen LogP contribution in [0.2, 0.25) is 10.0 Å². The summed E-state index contributed by atoms with van der Waals surface area (Å²) in [4.78, 5) is 2.18. The van der Waals surface area contributed by atoms with Crippen LogP contribution >= 0.6 is 23.2 Å². The summed E-state index contributed by atoms with van der Waals surface area (Å²) in [5.41, 5.74) is 1.15. The Morgan fingerprint density at radius 1 is 1.03 bits per heavy atom. The van der Waals surface area contributed by atoms with E-state index in [0.717, 1.165) is 17.9 Å². The number of benzene rings is 2. The van der Waals surface area contributed by atoms with Crippen LogP contribution in [-0.4, -0.2) is 51.7 Å². The molecule has 0 aliphatic carbocycles. The van der Waals surface area contributed by atoms with E-state index >= 15 is 0 Å². The zero-order valence-electron chi connectivity index (χ0n) is 16.3. The van der Waals surface area contributed by atoms with Crippen LogP contribution in [0, 0.1) is 0 Å². The molecule has 1 fully saturated rings. The molecule has 1 N–H and O–H groups in total. The standard InChI is InChI=1S/C22H23Cl2N3O3/c23-17-2-1-3-20(10-17)30-22-15-26(14-21(22)28)12-16-4-6-19(7-5-16)29-9-8-27-13-18(24)11-25-27/h1-7,10-11,13,21-22,28H,8-9,12,14-15H2/t21-,22-/m0/s1. The first kappa shape index (κ1) is 21.0. The summed E-state index contributed by atoms with van der Waals surface area (Å²) >= 11 is 11.9. The zero-order valence-corrected chi connectivity index (χ0v) is 17.8. The van der Waals surface area contributed by atoms with Crippen LogP contribution in [0.3, 0.4) is 0 Å². The molecule has 1 aliphatic heterocycles. The van der Waals surface area contributed by atoms with Gasteiger partial charge in [-0.1, -0.05) is 41.4 Å². The van der Waals surface area contributed by atoms with E-state index in [-0.39, 0.29) is 6.10 Å². The van der Waals surface area contributed by atoms with E-state index in [4.69, 9.17) is 32.7 Å². The van der Waals surface area contributed by atoms with Gasteiger partial charge in [0.2, 0.25) is 0 Å². The van der Waals surface area contributed by atoms with Gasteiger partial charge in [-0.25, -0.2) is 0 Å². The Morgan fingerprint density at radius 3 is 2.60 bits per heavy atom. The third kappa shape index (κ3) is 5.67. The molecule has 0 spiro atoms. The van der Waals surface area contributed by atoms with Crippen LogP contribution in [0.15, 0.2) is 60.9 Å². The van der Waals surface area contributed by atoms with Gasteiger partial charge >= 0.3 is 0 Å². The zero-order chi connectivity index (χ0) is 20.9. The van der Waals surface area contributed by atoms with Gasteiger partial charge in [0.25, 0.3) is 0 Å². The lowest BCUT2D eigenvalue weighted by Gasteiger charge is -2.17. The second kappa shape index (κ2) is 9.71. The lowest BCUT2D eigenvalue weighted by atomic mass is 10.2. The van der Waals surface area contributed by atoms with Gasteiger partial charge < -0.3 is 14.6 Å². The van der Waals surface area contributed by atoms with Crippen LogP contribution in [0.1, 0.15) is 5.56 Å². The molecular weight excluding hydrogens is 425 g/mol. The van der Waals surface area contributed by atoms with Crippen LogP contribution in [0.4, 0.5) is 0 Å². The molecule has 1 aliphatic rings. The first-order valence-electron chi connectivity index (χ1n) is 9.77. The monoisotopic (exact) mass is 447 g/mol. The van der Waals surface area contributed by atoms with E-state index < -0.39 is 6.10 Å². The van der Waals surface area contributed by atoms with E-state index in [9.17, 15) is 5.11 Å². The maximum absolute atomic E-state index is 10.4. The second-order valence-corrected chi connectivity index (χ2v) is 8.16. The Kier molecular flexibility index (Phi) is 6.79. The molecule has 0 saturated carbocycles. The van der Waals surface area contributed by atoms with Gasteiger partial charge in [0.1, 0.15) is 30.3 Å². The SMILES string of the molecule is O[C@H]1CN(Cc2ccc(OCCn3cc(Cl)cn3)cc2)C[C@@H]1Oc1cccc(Cl)c1. The molecule has 6 nitrogen and oxygen atoms in total. The highest BCUT2D eigenvalue weighted by molar-refractivity contribution is 6.30. The molecule has 3 aromatic rings. The molecule has 2 aromatic carbocycles. The molecule has 1 saturated heterocycles. The molecular formula is C22H23Cl2N3O3. The third-order valence-corrected chi connectivity index (χ3v) is 5.35. The maximum Gasteiger partial charge on any atom is 0.138 e. The van der Waals surface area contributed by atoms with Gasteiger partial charge in [0.15, 0.2) is 0 Å². The Balaban J connectivity index is 1.25. The molecule has 1 aromatic heterocycles. The Labute approximate surface area is 185 Å². The predicted molar refractivity (Wildman–Crippen MR) is 116 cm³/mol. The van der Waals surface area contributed by atoms with Gasteiger partial charge in [-0.15, -0.1) is 0 Å². The van der Waals surface area contributed by atoms with E-state index in [2.05, 4.69) is 10.00 Å². The van der Waals surface area contributed by atoms with Crippen molar-refractivity contribution in [1.29, 1.82) is 0 Å². The number of aliphatic hydroxyl groups excluding tert-OH is 1. The van der Waals surface area contributed by atoms with Crippen molar-refractivity contribution in [3.63, 3.8) is 0 Å². The van der Waals surface area contributed by atoms with E-state index in [0.29, 0.717) is 42.0 Å². The Morgan fingerprint density at radius 2 is 1.87 bits per heavy atom. The van der Waals surface area contributed by atoms with Crippen LogP contribution in [0.5, 0.6) is 11.5 Å². The number of hydrogen-bond acceptors (Lipinski definition) is 5. The molecule has 158 valence electrons. The maximum atomic E-state index is 10.4. The number of β-amino-alcohol motifs (C(OH)–C–C–N with tert-alkyl or cyclic N) is 1. The molecule has 2 heterocycles. The van der Waals surface area contributed by atoms with Gasteiger partial charge in [0, 0.05) is 30.9 Å². The van der Waals surface area contributed by atoms with Crippen molar-refractivity contribution in [3.8, 4) is 11.5 Å². The topological polar surface area (TPSA) is 59.8 Å². The number of nitrogens with zero attached hydrogens (tertiary/aromatic N) is 3. The van der Waals surface area contributed by atoms with E-state index in [1.807, 2.05) is 36.4 Å². The lowest BCUT2D eigenvalue weighted by Crippen LogP contribution is -2.29. The Hall–Kier alpha value is -2.25. The van der Waals surface area contributed by atoms with Gasteiger partial charge in [-0.3, -0.25) is 9.58 Å². The fraction of sp³-hybridized carbons (Fsp3) is 0.318. The van der Waals surface area contributed by atoms with Gasteiger partial charge in [-0.05, 0) is 35.9 Å². The second-order valence-electron chi connectivity index (χ2n) is 7.29. The number of aromatic nitrogens is 2. The molecule has 4 rings (SSSR count). The number of rotatable bonds is 8. The summed E-state index contributed by atoms with van der Waals surface area (Å²) in [5, 5.41) is 15.7. The first-order chi connectivity index (χ1) is 14.5. The quantitative estimate of drug-likeness (QED) is 0.567. The van der Waals surface area contributed by atoms with Crippen molar-refractivity contribution in [2.45, 2.75) is 25.3 Å². The largest absolute Gasteiger partial charge is 0.492 e. The molecule has 2 atom stereocenters. The van der Waals surface area contributed by atoms with Gasteiger partial charge in [-0.2, -0.15) is 5.10 Å². The highest BCUT2D eigenvalue weighted by Gasteiger charge is 2.33. The minimum Gasteiger partial charge on any atom is -0.492 e. The van der Waals surface area contributed by atoms with E-state index in [1.54, 1.807) is 29.2 Å². The van der Waals surface area contributed by atoms with Crippen molar-refractivity contribution in [2.75, 3.05) is 19.7 Å². The average molecular weight is 448 g/mol. The number of halogens is 2.